The molecule has 0 aliphatic heterocycles. The Morgan fingerprint density at radius 1 is 0.579 bits per heavy atom. The lowest BCUT2D eigenvalue weighted by molar-refractivity contribution is 0.0989. The Balaban J connectivity index is 0.000000162. The Bertz CT molecular complexity index is 4220. The van der Waals surface area contributed by atoms with Gasteiger partial charge in [-0.2, -0.15) is 0 Å². The molecule has 0 spiro atoms. The van der Waals surface area contributed by atoms with E-state index < -0.39 is 23.9 Å². The van der Waals surface area contributed by atoms with Crippen LogP contribution in [0.4, 0.5) is 14.5 Å². The number of fused-ring (bicyclic) bond motifs is 8. The number of nitrogens with zero attached hydrogens (tertiary/aromatic N) is 4. The van der Waals surface area contributed by atoms with Crippen molar-refractivity contribution in [1.82, 2.24) is 29.1 Å². The molecular weight excluding hydrogens is 971 g/mol. The van der Waals surface area contributed by atoms with Crippen LogP contribution in [0.2, 0.25) is 0 Å². The highest BCUT2D eigenvalue weighted by molar-refractivity contribution is 6.17. The van der Waals surface area contributed by atoms with Gasteiger partial charge in [0.1, 0.15) is 35.6 Å². The van der Waals surface area contributed by atoms with Gasteiger partial charge in [-0.15, -0.1) is 0 Å². The molecule has 2 amide bonds. The molecule has 1 unspecified atom stereocenters. The first-order chi connectivity index (χ1) is 36.9. The van der Waals surface area contributed by atoms with E-state index in [1.165, 1.54) is 24.3 Å². The Labute approximate surface area is 430 Å². The predicted molar refractivity (Wildman–Crippen MR) is 291 cm³/mol. The third-order valence-electron chi connectivity index (χ3n) is 13.3. The van der Waals surface area contributed by atoms with Gasteiger partial charge in [-0.25, -0.2) is 18.7 Å². The minimum atomic E-state index is -0.661. The fourth-order valence-corrected chi connectivity index (χ4v) is 9.81. The number of aromatic nitrogens is 6. The summed E-state index contributed by atoms with van der Waals surface area (Å²) in [7, 11) is 0. The van der Waals surface area contributed by atoms with E-state index in [-0.39, 0.29) is 54.9 Å². The number of hydrogen-bond acceptors (Lipinski definition) is 10. The van der Waals surface area contributed by atoms with Crippen molar-refractivity contribution in [2.24, 2.45) is 17.2 Å². The number of aliphatic hydroxyl groups is 3. The van der Waals surface area contributed by atoms with Gasteiger partial charge in [0.25, 0.3) is 11.8 Å². The van der Waals surface area contributed by atoms with Crippen LogP contribution < -0.4 is 27.3 Å². The van der Waals surface area contributed by atoms with Gasteiger partial charge >= 0.3 is 0 Å². The average Bonchev–Trinajstić information content (AvgIpc) is 4.34. The topological polar surface area (TPSA) is 261 Å². The van der Waals surface area contributed by atoms with Gasteiger partial charge in [0.2, 0.25) is 0 Å². The lowest BCUT2D eigenvalue weighted by Crippen LogP contribution is -2.31. The van der Waals surface area contributed by atoms with Crippen molar-refractivity contribution in [3.63, 3.8) is 0 Å². The molecule has 380 valence electrons. The van der Waals surface area contributed by atoms with Crippen LogP contribution in [0.15, 0.2) is 158 Å². The number of aromatic amines is 2. The van der Waals surface area contributed by atoms with Crippen molar-refractivity contribution in [2.45, 2.75) is 12.1 Å². The van der Waals surface area contributed by atoms with Crippen molar-refractivity contribution >= 4 is 83.2 Å². The SMILES string of the molecule is NC(=O)c1ccc(-n2c3ccccc3c3c(-c4nc5ccc(F)cc5[nH]4)cccc32)cc1NC(CO)CO.NC(=O)c1ccc(-n2c3ccccc3c3c(-c4nc5ccc(F)cc5[nH]4)cccc32)cc1OCC(N)CO. The van der Waals surface area contributed by atoms with E-state index in [0.717, 1.165) is 66.1 Å². The minimum Gasteiger partial charge on any atom is -0.491 e. The Morgan fingerprint density at radius 3 is 1.57 bits per heavy atom. The van der Waals surface area contributed by atoms with Crippen LogP contribution in [0.25, 0.3) is 99.8 Å². The lowest BCUT2D eigenvalue weighted by atomic mass is 10.1. The third kappa shape index (κ3) is 8.86. The van der Waals surface area contributed by atoms with Gasteiger partial charge in [-0.05, 0) is 91.0 Å². The monoisotopic (exact) mass is 1020 g/mol. The number of carbonyl (C=O) groups is 2. The summed E-state index contributed by atoms with van der Waals surface area (Å²) in [5.41, 5.74) is 27.3. The van der Waals surface area contributed by atoms with Crippen LogP contribution in [-0.2, 0) is 0 Å². The van der Waals surface area contributed by atoms with Crippen LogP contribution in [0, 0.1) is 11.6 Å². The van der Waals surface area contributed by atoms with Crippen molar-refractivity contribution in [1.29, 1.82) is 0 Å². The van der Waals surface area contributed by atoms with Gasteiger partial charge in [0, 0.05) is 55.8 Å². The highest BCUT2D eigenvalue weighted by Gasteiger charge is 2.22. The molecule has 0 saturated heterocycles. The third-order valence-corrected chi connectivity index (χ3v) is 13.3. The molecular formula is C58H48F2N10O6. The summed E-state index contributed by atoms with van der Waals surface area (Å²) in [5.74, 6) is -0.393. The first-order valence-electron chi connectivity index (χ1n) is 24.1. The van der Waals surface area contributed by atoms with Gasteiger partial charge in [-0.3, -0.25) is 9.59 Å². The number of nitrogens with two attached hydrogens (primary N) is 3. The summed E-state index contributed by atoms with van der Waals surface area (Å²) in [5, 5.41) is 35.4. The van der Waals surface area contributed by atoms with Crippen molar-refractivity contribution < 1.29 is 38.4 Å². The molecule has 18 heteroatoms. The molecule has 1 atom stereocenters. The van der Waals surface area contributed by atoms with Gasteiger partial charge in [0.15, 0.2) is 0 Å². The second kappa shape index (κ2) is 20.1. The number of rotatable bonds is 14. The first kappa shape index (κ1) is 48.8. The number of nitrogens with one attached hydrogen (secondary N) is 3. The smallest absolute Gasteiger partial charge is 0.252 e. The summed E-state index contributed by atoms with van der Waals surface area (Å²) in [6, 6.07) is 45.8. The maximum atomic E-state index is 13.8. The van der Waals surface area contributed by atoms with E-state index in [0.29, 0.717) is 39.4 Å². The van der Waals surface area contributed by atoms with E-state index in [4.69, 9.17) is 31.9 Å². The molecule has 0 bridgehead atoms. The zero-order chi connectivity index (χ0) is 52.8. The van der Waals surface area contributed by atoms with Gasteiger partial charge in [-0.1, -0.05) is 60.7 Å². The summed E-state index contributed by atoms with van der Waals surface area (Å²) in [4.78, 5) is 40.1. The van der Waals surface area contributed by atoms with E-state index >= 15 is 0 Å². The molecule has 12 aromatic rings. The zero-order valence-corrected chi connectivity index (χ0v) is 40.3. The summed E-state index contributed by atoms with van der Waals surface area (Å²) < 4.78 is 37.6. The molecule has 12 rings (SSSR count). The molecule has 0 fully saturated rings. The molecule has 12 N–H and O–H groups in total. The van der Waals surface area contributed by atoms with E-state index in [2.05, 4.69) is 24.4 Å². The number of ether oxygens (including phenoxy) is 1. The van der Waals surface area contributed by atoms with Crippen LogP contribution in [0.5, 0.6) is 5.75 Å². The van der Waals surface area contributed by atoms with Crippen LogP contribution in [0.3, 0.4) is 0 Å². The Hall–Kier alpha value is -9.46. The number of benzene rings is 8. The number of imidazole rings is 2. The molecule has 0 aliphatic rings. The summed E-state index contributed by atoms with van der Waals surface area (Å²) in [6.07, 6.45) is 0. The number of primary amides is 2. The quantitative estimate of drug-likeness (QED) is 0.0501. The Kier molecular flexibility index (Phi) is 12.9. The maximum Gasteiger partial charge on any atom is 0.252 e. The number of hydrogen-bond donors (Lipinski definition) is 9. The van der Waals surface area contributed by atoms with Gasteiger partial charge in [0.05, 0.1) is 87.2 Å². The highest BCUT2D eigenvalue weighted by atomic mass is 19.1. The van der Waals surface area contributed by atoms with E-state index in [9.17, 15) is 33.7 Å². The molecule has 0 saturated carbocycles. The summed E-state index contributed by atoms with van der Waals surface area (Å²) >= 11 is 0. The lowest BCUT2D eigenvalue weighted by Gasteiger charge is -2.19. The number of aliphatic hydroxyl groups excluding tert-OH is 3. The van der Waals surface area contributed by atoms with Gasteiger partial charge < -0.3 is 61.7 Å². The number of amides is 2. The molecule has 0 aliphatic carbocycles. The number of halogens is 2. The molecule has 0 radical (unpaired) electrons. The van der Waals surface area contributed by atoms with Crippen LogP contribution in [0.1, 0.15) is 20.7 Å². The van der Waals surface area contributed by atoms with Crippen molar-refractivity contribution in [2.75, 3.05) is 31.7 Å². The molecule has 8 aromatic carbocycles. The largest absolute Gasteiger partial charge is 0.491 e. The number of para-hydroxylation sites is 2. The molecule has 4 aromatic heterocycles. The minimum absolute atomic E-state index is 0.0181. The first-order valence-corrected chi connectivity index (χ1v) is 24.1. The van der Waals surface area contributed by atoms with E-state index in [1.54, 1.807) is 48.5 Å². The summed E-state index contributed by atoms with van der Waals surface area (Å²) in [6.45, 7) is -0.877. The number of anilines is 1. The fourth-order valence-electron chi connectivity index (χ4n) is 9.81. The van der Waals surface area contributed by atoms with Crippen molar-refractivity contribution in [3.8, 4) is 39.9 Å². The predicted octanol–water partition coefficient (Wildman–Crippen LogP) is 8.59. The molecule has 4 heterocycles. The molecule has 16 nitrogen and oxygen atoms in total. The van der Waals surface area contributed by atoms with Crippen LogP contribution >= 0.6 is 0 Å². The van der Waals surface area contributed by atoms with E-state index in [1.807, 2.05) is 84.9 Å². The normalized spacial score (nSPS) is 12.0. The second-order valence-corrected chi connectivity index (χ2v) is 18.2. The Morgan fingerprint density at radius 2 is 1.07 bits per heavy atom. The second-order valence-electron chi connectivity index (χ2n) is 18.2. The average molecular weight is 1020 g/mol. The molecule has 76 heavy (non-hydrogen) atoms. The van der Waals surface area contributed by atoms with Crippen LogP contribution in [-0.4, -0.2) is 94.7 Å². The standard InChI is InChI=1S/2C29H24FN5O3/c30-16-8-11-22-24(12-16)34-29(33-22)21-5-3-7-26-27(21)20-4-1-2-6-25(20)35(26)18-9-10-19(28(31)38)23(13-18)32-17(14-36)15-37;30-16-8-11-22-23(12-16)34-29(33-22)21-5-3-7-25-27(21)19-4-1-2-6-24(19)35(25)18-9-10-20(28(32)37)26(13-18)38-15-17(31)14-36/h1-13,17,32,36-37H,14-15H2,(H2,31,38)(H,33,34);1-13,17,36H,14-15,31H2,(H2,32,37)(H,33,34). The highest BCUT2D eigenvalue weighted by Crippen LogP contribution is 2.41. The number of H-pyrrole nitrogens is 2. The number of carbonyl (C=O) groups excluding carboxylic acids is 2. The maximum absolute atomic E-state index is 13.8. The zero-order valence-electron chi connectivity index (χ0n) is 40.3. The van der Waals surface area contributed by atoms with Crippen molar-refractivity contribution in [3.05, 3.63) is 180 Å². The fraction of sp³-hybridized carbons (Fsp3) is 0.103.